The summed E-state index contributed by atoms with van der Waals surface area (Å²) >= 11 is 0. The minimum atomic E-state index is -0.624. The number of fused-ring (bicyclic) bond motifs is 1. The summed E-state index contributed by atoms with van der Waals surface area (Å²) in [5, 5.41) is 1.03. The highest BCUT2D eigenvalue weighted by Gasteiger charge is 2.40. The Labute approximate surface area is 245 Å². The molecule has 2 aliphatic rings. The molecular weight excluding hydrogens is 510 g/mol. The van der Waals surface area contributed by atoms with Crippen LogP contribution in [0, 0.1) is 0 Å². The number of para-hydroxylation sites is 1. The first-order valence-electron chi connectivity index (χ1n) is 15.6. The molecule has 5 rings (SSSR count). The number of aromatic nitrogens is 1. The molecule has 0 bridgehead atoms. The van der Waals surface area contributed by atoms with Crippen LogP contribution in [0.15, 0.2) is 48.7 Å². The molecule has 3 heterocycles. The van der Waals surface area contributed by atoms with Crippen molar-refractivity contribution in [2.45, 2.75) is 90.4 Å². The van der Waals surface area contributed by atoms with Gasteiger partial charge in [-0.1, -0.05) is 56.7 Å². The molecule has 2 saturated heterocycles. The number of hydrogen-bond donors (Lipinski definition) is 2. The average Bonchev–Trinajstić information content (AvgIpc) is 3.44. The van der Waals surface area contributed by atoms with E-state index in [-0.39, 0.29) is 18.4 Å². The number of likely N-dealkylation sites (tertiary alicyclic amines) is 2. The van der Waals surface area contributed by atoms with Gasteiger partial charge in [-0.05, 0) is 79.9 Å². The number of imide groups is 1. The molecule has 2 aliphatic heterocycles. The van der Waals surface area contributed by atoms with Crippen LogP contribution in [0.3, 0.4) is 0 Å². The zero-order chi connectivity index (χ0) is 28.9. The maximum absolute atomic E-state index is 14.5. The monoisotopic (exact) mass is 557 g/mol. The molecule has 41 heavy (non-hydrogen) atoms. The normalized spacial score (nSPS) is 18.8. The molecule has 2 atom stereocenters. The van der Waals surface area contributed by atoms with Crippen LogP contribution in [-0.4, -0.2) is 69.8 Å². The molecule has 0 radical (unpaired) electrons. The van der Waals surface area contributed by atoms with E-state index in [1.165, 1.54) is 55.3 Å². The van der Waals surface area contributed by atoms with E-state index in [4.69, 9.17) is 5.73 Å². The Kier molecular flexibility index (Phi) is 9.58. The minimum absolute atomic E-state index is 0.204. The van der Waals surface area contributed by atoms with Gasteiger partial charge in [-0.25, -0.2) is 0 Å². The lowest BCUT2D eigenvalue weighted by molar-refractivity contribution is -0.149. The lowest BCUT2D eigenvalue weighted by Crippen LogP contribution is -2.58. The summed E-state index contributed by atoms with van der Waals surface area (Å²) in [6.45, 7) is 10.0. The lowest BCUT2D eigenvalue weighted by atomic mass is 9.93. The highest BCUT2D eigenvalue weighted by molar-refractivity contribution is 5.98. The predicted octanol–water partition coefficient (Wildman–Crippen LogP) is 5.19. The number of hydrogen-bond acceptors (Lipinski definition) is 5. The molecule has 3 N–H and O–H groups in total. The van der Waals surface area contributed by atoms with Gasteiger partial charge in [-0.15, -0.1) is 0 Å². The predicted molar refractivity (Wildman–Crippen MR) is 165 cm³/mol. The third kappa shape index (κ3) is 6.42. The fourth-order valence-electron chi connectivity index (χ4n) is 7.03. The van der Waals surface area contributed by atoms with Crippen molar-refractivity contribution in [3.63, 3.8) is 0 Å². The van der Waals surface area contributed by atoms with Crippen LogP contribution < -0.4 is 5.73 Å². The number of amides is 2. The van der Waals surface area contributed by atoms with Crippen molar-refractivity contribution < 1.29 is 9.59 Å². The Morgan fingerprint density at radius 2 is 1.68 bits per heavy atom. The summed E-state index contributed by atoms with van der Waals surface area (Å²) in [4.78, 5) is 37.2. The van der Waals surface area contributed by atoms with Crippen LogP contribution >= 0.6 is 0 Å². The SMILES string of the molecule is CCc1ccc(CN(C(C)=O)C(=O)C(C(N)c2c[nH]c3ccccc23)N2CCC(N3CCCCC3)CC2)cc1CC. The summed E-state index contributed by atoms with van der Waals surface area (Å²) < 4.78 is 0. The van der Waals surface area contributed by atoms with E-state index in [1.807, 2.05) is 24.4 Å². The molecule has 0 saturated carbocycles. The quantitative estimate of drug-likeness (QED) is 0.378. The van der Waals surface area contributed by atoms with Gasteiger partial charge in [0.1, 0.15) is 6.04 Å². The standard InChI is InChI=1S/C34H47N5O2/c1-4-26-14-13-25(21-27(26)5-2)23-39(24(3)40)34(41)33(32(35)30-22-36-31-12-8-7-11-29(30)31)38-19-15-28(16-20-38)37-17-9-6-10-18-37/h7-8,11-14,21-22,28,32-33,36H,4-6,9-10,15-20,23,35H2,1-3H3. The number of nitrogens with zero attached hydrogens (tertiary/aromatic N) is 3. The van der Waals surface area contributed by atoms with Crippen LogP contribution in [0.25, 0.3) is 10.9 Å². The first-order valence-corrected chi connectivity index (χ1v) is 15.6. The van der Waals surface area contributed by atoms with Crippen LogP contribution in [0.5, 0.6) is 0 Å². The highest BCUT2D eigenvalue weighted by Crippen LogP contribution is 2.31. The number of piperidine rings is 2. The molecule has 1 aromatic heterocycles. The zero-order valence-electron chi connectivity index (χ0n) is 25.1. The molecule has 0 spiro atoms. The van der Waals surface area contributed by atoms with Gasteiger partial charge in [0.2, 0.25) is 11.8 Å². The Bertz CT molecular complexity index is 1340. The van der Waals surface area contributed by atoms with Gasteiger partial charge in [-0.2, -0.15) is 0 Å². The van der Waals surface area contributed by atoms with Crippen molar-refractivity contribution in [1.29, 1.82) is 0 Å². The third-order valence-corrected chi connectivity index (χ3v) is 9.39. The topological polar surface area (TPSA) is 85.7 Å². The Morgan fingerprint density at radius 3 is 2.37 bits per heavy atom. The second-order valence-electron chi connectivity index (χ2n) is 11.9. The Morgan fingerprint density at radius 1 is 0.976 bits per heavy atom. The first kappa shape index (κ1) is 29.5. The van der Waals surface area contributed by atoms with Crippen molar-refractivity contribution >= 4 is 22.7 Å². The molecule has 2 fully saturated rings. The fraction of sp³-hybridized carbons (Fsp3) is 0.529. The fourth-order valence-corrected chi connectivity index (χ4v) is 7.03. The van der Waals surface area contributed by atoms with Gasteiger partial charge in [0, 0.05) is 43.2 Å². The third-order valence-electron chi connectivity index (χ3n) is 9.39. The van der Waals surface area contributed by atoms with Gasteiger partial charge >= 0.3 is 0 Å². The molecule has 0 aliphatic carbocycles. The number of carbonyl (C=O) groups excluding carboxylic acids is 2. The van der Waals surface area contributed by atoms with E-state index >= 15 is 0 Å². The molecule has 2 aromatic carbocycles. The van der Waals surface area contributed by atoms with Crippen molar-refractivity contribution in [3.8, 4) is 0 Å². The number of H-pyrrole nitrogens is 1. The van der Waals surface area contributed by atoms with Crippen LogP contribution in [0.2, 0.25) is 0 Å². The van der Waals surface area contributed by atoms with Crippen LogP contribution in [0.1, 0.15) is 81.2 Å². The molecule has 2 amide bonds. The summed E-state index contributed by atoms with van der Waals surface area (Å²) in [6.07, 6.45) is 9.74. The van der Waals surface area contributed by atoms with E-state index in [0.717, 1.165) is 60.8 Å². The van der Waals surface area contributed by atoms with Gasteiger partial charge in [0.15, 0.2) is 0 Å². The second-order valence-corrected chi connectivity index (χ2v) is 11.9. The second kappa shape index (κ2) is 13.3. The summed E-state index contributed by atoms with van der Waals surface area (Å²) in [6, 6.07) is 13.8. The summed E-state index contributed by atoms with van der Waals surface area (Å²) in [7, 11) is 0. The maximum Gasteiger partial charge on any atom is 0.248 e. The number of nitrogens with two attached hydrogens (primary N) is 1. The van der Waals surface area contributed by atoms with E-state index in [0.29, 0.717) is 6.04 Å². The minimum Gasteiger partial charge on any atom is -0.361 e. The van der Waals surface area contributed by atoms with Gasteiger partial charge in [0.05, 0.1) is 12.6 Å². The number of aryl methyl sites for hydroxylation is 2. The first-order chi connectivity index (χ1) is 19.9. The Balaban J connectivity index is 1.43. The number of nitrogens with one attached hydrogen (secondary N) is 1. The molecule has 7 nitrogen and oxygen atoms in total. The molecular formula is C34H47N5O2. The van der Waals surface area contributed by atoms with Crippen molar-refractivity contribution in [1.82, 2.24) is 19.7 Å². The van der Waals surface area contributed by atoms with E-state index in [9.17, 15) is 9.59 Å². The van der Waals surface area contributed by atoms with Crippen molar-refractivity contribution in [3.05, 3.63) is 70.9 Å². The van der Waals surface area contributed by atoms with Crippen LogP contribution in [0.4, 0.5) is 0 Å². The molecule has 7 heteroatoms. The lowest BCUT2D eigenvalue weighted by Gasteiger charge is -2.44. The Hall–Kier alpha value is -3.00. The summed E-state index contributed by atoms with van der Waals surface area (Å²) in [5.74, 6) is -0.448. The number of rotatable bonds is 9. The van der Waals surface area contributed by atoms with E-state index in [1.54, 1.807) is 0 Å². The molecule has 3 aromatic rings. The zero-order valence-corrected chi connectivity index (χ0v) is 25.1. The average molecular weight is 558 g/mol. The summed E-state index contributed by atoms with van der Waals surface area (Å²) in [5.41, 5.74) is 12.5. The number of benzene rings is 2. The van der Waals surface area contributed by atoms with Crippen LogP contribution in [-0.2, 0) is 29.0 Å². The largest absolute Gasteiger partial charge is 0.361 e. The smallest absolute Gasteiger partial charge is 0.248 e. The number of carbonyl (C=O) groups is 2. The maximum atomic E-state index is 14.5. The van der Waals surface area contributed by atoms with Gasteiger partial charge in [-0.3, -0.25) is 19.4 Å². The molecule has 220 valence electrons. The van der Waals surface area contributed by atoms with Gasteiger partial charge < -0.3 is 15.6 Å². The van der Waals surface area contributed by atoms with Gasteiger partial charge in [0.25, 0.3) is 0 Å². The van der Waals surface area contributed by atoms with E-state index < -0.39 is 12.1 Å². The molecule has 2 unspecified atom stereocenters. The number of aromatic amines is 1. The van der Waals surface area contributed by atoms with Crippen molar-refractivity contribution in [2.24, 2.45) is 5.73 Å². The van der Waals surface area contributed by atoms with Crippen molar-refractivity contribution in [2.75, 3.05) is 26.2 Å². The van der Waals surface area contributed by atoms with E-state index in [2.05, 4.69) is 52.9 Å². The highest BCUT2D eigenvalue weighted by atomic mass is 16.2.